The maximum Gasteiger partial charge on any atom is 0.302 e. The summed E-state index contributed by atoms with van der Waals surface area (Å²) in [7, 11) is 0. The number of carbonyl (C=O) groups is 1. The van der Waals surface area contributed by atoms with Crippen LogP contribution >= 0.6 is 38.9 Å². The number of nitrogens with one attached hydrogen (secondary N) is 1. The molecule has 0 aliphatic carbocycles. The molecule has 0 spiro atoms. The quantitative estimate of drug-likeness (QED) is 0.295. The van der Waals surface area contributed by atoms with Crippen molar-refractivity contribution in [2.24, 2.45) is 0 Å². The summed E-state index contributed by atoms with van der Waals surface area (Å²) < 4.78 is 23.9. The maximum atomic E-state index is 15.9. The summed E-state index contributed by atoms with van der Waals surface area (Å²) in [6, 6.07) is 6.53. The molecule has 0 fully saturated rings. The van der Waals surface area contributed by atoms with Crippen LogP contribution in [0.25, 0.3) is 11.4 Å². The second-order valence-corrected chi connectivity index (χ2v) is 10.0. The first kappa shape index (κ1) is 24.0. The molecular weight excluding hydrogens is 577 g/mol. The summed E-state index contributed by atoms with van der Waals surface area (Å²) >= 11 is 10.5. The molecular formula is C22H14BrClFN7O3S. The van der Waals surface area contributed by atoms with Crippen LogP contribution in [0.1, 0.15) is 20.9 Å². The van der Waals surface area contributed by atoms with Crippen LogP contribution in [0.3, 0.4) is 0 Å². The van der Waals surface area contributed by atoms with E-state index < -0.39 is 17.3 Å². The second-order valence-electron chi connectivity index (χ2n) is 7.37. The van der Waals surface area contributed by atoms with Crippen molar-refractivity contribution in [2.45, 2.75) is 13.1 Å². The van der Waals surface area contributed by atoms with Gasteiger partial charge in [0.15, 0.2) is 23.7 Å². The Kier molecular flexibility index (Phi) is 6.76. The zero-order chi connectivity index (χ0) is 25.2. The average Bonchev–Trinajstić information content (AvgIpc) is 3.63. The normalized spacial score (nSPS) is 11.1. The molecule has 5 aromatic rings. The van der Waals surface area contributed by atoms with E-state index in [9.17, 15) is 9.59 Å². The summed E-state index contributed by atoms with van der Waals surface area (Å²) in [6.07, 6.45) is 6.68. The van der Waals surface area contributed by atoms with E-state index >= 15 is 4.39 Å². The number of aromatic nitrogens is 6. The first-order valence-corrected chi connectivity index (χ1v) is 12.2. The van der Waals surface area contributed by atoms with E-state index in [2.05, 4.69) is 41.3 Å². The van der Waals surface area contributed by atoms with Crippen LogP contribution in [-0.4, -0.2) is 35.2 Å². The molecule has 14 heteroatoms. The van der Waals surface area contributed by atoms with Gasteiger partial charge in [0.2, 0.25) is 0 Å². The number of rotatable bonds is 7. The smallest absolute Gasteiger partial charge is 0.302 e. The molecule has 0 aliphatic rings. The molecule has 0 aliphatic heterocycles. The molecule has 0 saturated carbocycles. The largest absolute Gasteiger partial charge is 0.451 e. The van der Waals surface area contributed by atoms with Gasteiger partial charge in [-0.2, -0.15) is 9.78 Å². The Balaban J connectivity index is 1.62. The Morgan fingerprint density at radius 2 is 2.03 bits per heavy atom. The summed E-state index contributed by atoms with van der Waals surface area (Å²) in [5, 5.41) is 7.17. The number of thiophene rings is 1. The molecule has 0 bridgehead atoms. The van der Waals surface area contributed by atoms with Crippen molar-refractivity contribution >= 4 is 50.6 Å². The lowest BCUT2D eigenvalue weighted by Gasteiger charge is -2.11. The maximum absolute atomic E-state index is 15.9. The Bertz CT molecular complexity index is 1600. The number of carbonyl (C=O) groups excluding carboxylic acids is 1. The van der Waals surface area contributed by atoms with Crippen LogP contribution in [-0.2, 0) is 13.1 Å². The first-order chi connectivity index (χ1) is 17.4. The third-order valence-corrected chi connectivity index (χ3v) is 6.89. The van der Waals surface area contributed by atoms with Gasteiger partial charge in [-0.25, -0.2) is 19.3 Å². The van der Waals surface area contributed by atoms with Crippen LogP contribution < -0.4 is 10.9 Å². The fraction of sp³-hybridized carbons (Fsp3) is 0.0909. The molecule has 10 nitrogen and oxygen atoms in total. The topological polar surface area (TPSA) is 121 Å². The van der Waals surface area contributed by atoms with Crippen molar-refractivity contribution in [3.63, 3.8) is 0 Å². The van der Waals surface area contributed by atoms with Crippen LogP contribution in [0.5, 0.6) is 0 Å². The molecule has 0 unspecified atom stereocenters. The highest BCUT2D eigenvalue weighted by Gasteiger charge is 2.27. The van der Waals surface area contributed by atoms with E-state index in [0.29, 0.717) is 9.90 Å². The minimum atomic E-state index is -0.825. The van der Waals surface area contributed by atoms with E-state index in [1.807, 2.05) is 0 Å². The summed E-state index contributed by atoms with van der Waals surface area (Å²) in [4.78, 5) is 38.7. The van der Waals surface area contributed by atoms with Gasteiger partial charge in [0.05, 0.1) is 27.6 Å². The Hall–Kier alpha value is -3.68. The average molecular weight is 591 g/mol. The summed E-state index contributed by atoms with van der Waals surface area (Å²) in [5.41, 5.74) is 0.0700. The van der Waals surface area contributed by atoms with Crippen LogP contribution in [0.15, 0.2) is 69.3 Å². The van der Waals surface area contributed by atoms with E-state index in [4.69, 9.17) is 16.0 Å². The van der Waals surface area contributed by atoms with Crippen LogP contribution in [0.4, 0.5) is 10.2 Å². The van der Waals surface area contributed by atoms with Gasteiger partial charge in [0.1, 0.15) is 18.3 Å². The van der Waals surface area contributed by atoms with Gasteiger partial charge >= 0.3 is 5.91 Å². The minimum absolute atomic E-state index is 0.0500. The molecule has 182 valence electrons. The fourth-order valence-electron chi connectivity index (χ4n) is 3.42. The highest BCUT2D eigenvalue weighted by molar-refractivity contribution is 9.10. The highest BCUT2D eigenvalue weighted by atomic mass is 79.9. The van der Waals surface area contributed by atoms with Gasteiger partial charge in [-0.15, -0.1) is 11.3 Å². The number of halogens is 3. The molecule has 5 aromatic heterocycles. The lowest BCUT2D eigenvalue weighted by atomic mass is 10.2. The fourth-order valence-corrected chi connectivity index (χ4v) is 4.79. The third-order valence-electron chi connectivity index (χ3n) is 5.06. The molecule has 0 amide bonds. The van der Waals surface area contributed by atoms with Crippen molar-refractivity contribution in [1.82, 2.24) is 29.3 Å². The van der Waals surface area contributed by atoms with E-state index in [0.717, 1.165) is 22.2 Å². The number of pyridine rings is 1. The first-order valence-electron chi connectivity index (χ1n) is 10.3. The number of anilines is 1. The van der Waals surface area contributed by atoms with Gasteiger partial charge in [-0.3, -0.25) is 9.59 Å². The minimum Gasteiger partial charge on any atom is -0.451 e. The summed E-state index contributed by atoms with van der Waals surface area (Å²) in [5.74, 6) is -1.75. The van der Waals surface area contributed by atoms with Crippen molar-refractivity contribution in [1.29, 1.82) is 0 Å². The van der Waals surface area contributed by atoms with E-state index in [1.54, 1.807) is 24.5 Å². The molecule has 36 heavy (non-hydrogen) atoms. The Morgan fingerprint density at radius 3 is 2.72 bits per heavy atom. The molecule has 1 N–H and O–H groups in total. The van der Waals surface area contributed by atoms with E-state index in [1.165, 1.54) is 34.4 Å². The second kappa shape index (κ2) is 10.1. The number of hydrogen-bond donors (Lipinski definition) is 1. The summed E-state index contributed by atoms with van der Waals surface area (Å²) in [6.45, 7) is 0.231. The molecule has 5 heterocycles. The van der Waals surface area contributed by atoms with Crippen molar-refractivity contribution in [3.05, 3.63) is 96.8 Å². The molecule has 0 aromatic carbocycles. The molecule has 0 saturated heterocycles. The zero-order valence-corrected chi connectivity index (χ0v) is 21.2. The Morgan fingerprint density at radius 1 is 1.22 bits per heavy atom. The molecule has 0 atom stereocenters. The number of nitrogens with zero attached hydrogens (tertiary/aromatic N) is 6. The van der Waals surface area contributed by atoms with Crippen molar-refractivity contribution < 1.29 is 13.6 Å². The van der Waals surface area contributed by atoms with E-state index in [-0.39, 0.29) is 40.5 Å². The zero-order valence-electron chi connectivity index (χ0n) is 18.1. The standard InChI is InChI=1S/C22H14BrClFN7O3S/c23-14-2-3-16(31(21(14)33)8-12-5-26-10-27-6-12)19-18(25)20(28-7-13-1-4-17(24)36-13)32(30-19)22(34)15-9-35-11-29-15/h1-6,9-11,28H,7-8H2. The van der Waals surface area contributed by atoms with Crippen LogP contribution in [0, 0.1) is 5.82 Å². The number of hydrogen-bond acceptors (Lipinski definition) is 9. The van der Waals surface area contributed by atoms with Crippen LogP contribution in [0.2, 0.25) is 4.34 Å². The lowest BCUT2D eigenvalue weighted by molar-refractivity contribution is 0.0942. The van der Waals surface area contributed by atoms with Gasteiger partial charge in [-0.05, 0) is 40.2 Å². The predicted octanol–water partition coefficient (Wildman–Crippen LogP) is 4.46. The van der Waals surface area contributed by atoms with Crippen molar-refractivity contribution in [3.8, 4) is 11.4 Å². The van der Waals surface area contributed by atoms with Gasteiger partial charge in [-0.1, -0.05) is 11.6 Å². The van der Waals surface area contributed by atoms with Gasteiger partial charge < -0.3 is 14.3 Å². The monoisotopic (exact) mass is 589 g/mol. The SMILES string of the molecule is O=C(c1cocn1)n1nc(-c2ccc(Br)c(=O)n2Cc2cncnc2)c(F)c1NCc1ccc(Cl)s1. The van der Waals surface area contributed by atoms with Crippen molar-refractivity contribution in [2.75, 3.05) is 5.32 Å². The molecule has 5 rings (SSSR count). The number of oxazole rings is 1. The lowest BCUT2D eigenvalue weighted by Crippen LogP contribution is -2.23. The van der Waals surface area contributed by atoms with Gasteiger partial charge in [0, 0.05) is 22.8 Å². The highest BCUT2D eigenvalue weighted by Crippen LogP contribution is 2.30. The molecule has 0 radical (unpaired) electrons. The Labute approximate surface area is 219 Å². The predicted molar refractivity (Wildman–Crippen MR) is 134 cm³/mol. The third kappa shape index (κ3) is 4.72. The van der Waals surface area contributed by atoms with Gasteiger partial charge in [0.25, 0.3) is 5.56 Å².